The number of unbranched alkanes of at least 4 members (excludes halogenated alkanes) is 1. The number of ether oxygens (including phenoxy) is 1. The minimum Gasteiger partial charge on any atom is -0.494 e. The lowest BCUT2D eigenvalue weighted by molar-refractivity contribution is 0.0993. The number of anilines is 1. The van der Waals surface area contributed by atoms with E-state index in [-0.39, 0.29) is 5.91 Å². The zero-order valence-electron chi connectivity index (χ0n) is 15.0. The molecule has 0 aliphatic heterocycles. The Morgan fingerprint density at radius 1 is 1.27 bits per heavy atom. The molecule has 0 aliphatic rings. The molecule has 3 aromatic rings. The second kappa shape index (κ2) is 8.63. The number of rotatable bonds is 7. The first kappa shape index (κ1) is 18.1. The third-order valence-electron chi connectivity index (χ3n) is 4.11. The highest BCUT2D eigenvalue weighted by Crippen LogP contribution is 2.24. The van der Waals surface area contributed by atoms with Gasteiger partial charge in [-0.3, -0.25) is 4.79 Å². The molecule has 0 spiro atoms. The second-order valence-electron chi connectivity index (χ2n) is 5.96. The van der Waals surface area contributed by atoms with E-state index in [1.54, 1.807) is 17.5 Å². The molecule has 1 amide bonds. The molecule has 1 aromatic heterocycles. The van der Waals surface area contributed by atoms with Crippen molar-refractivity contribution in [3.8, 4) is 5.75 Å². The maximum atomic E-state index is 12.8. The monoisotopic (exact) mass is 366 g/mol. The zero-order valence-corrected chi connectivity index (χ0v) is 15.8. The Bertz CT molecular complexity index is 917. The van der Waals surface area contributed by atoms with Crippen LogP contribution in [0.2, 0.25) is 0 Å². The van der Waals surface area contributed by atoms with Gasteiger partial charge in [-0.15, -0.1) is 11.3 Å². The fourth-order valence-corrected chi connectivity index (χ4v) is 3.36. The first-order valence-electron chi connectivity index (χ1n) is 8.64. The van der Waals surface area contributed by atoms with Crippen molar-refractivity contribution in [3.05, 3.63) is 65.7 Å². The van der Waals surface area contributed by atoms with E-state index >= 15 is 0 Å². The Morgan fingerprint density at radius 3 is 3.00 bits per heavy atom. The van der Waals surface area contributed by atoms with Gasteiger partial charge in [-0.2, -0.15) is 0 Å². The van der Waals surface area contributed by atoms with Crippen molar-refractivity contribution in [3.63, 3.8) is 0 Å². The lowest BCUT2D eigenvalue weighted by Gasteiger charge is -2.18. The predicted octanol–water partition coefficient (Wildman–Crippen LogP) is 5.31. The summed E-state index contributed by atoms with van der Waals surface area (Å²) in [4.78, 5) is 18.7. The predicted molar refractivity (Wildman–Crippen MR) is 108 cm³/mol. The number of hydrogen-bond acceptors (Lipinski definition) is 4. The molecule has 0 N–H and O–H groups in total. The summed E-state index contributed by atoms with van der Waals surface area (Å²) in [7, 11) is 1.78. The molecule has 0 fully saturated rings. The van der Waals surface area contributed by atoms with Gasteiger partial charge in [0.15, 0.2) is 0 Å². The van der Waals surface area contributed by atoms with Crippen LogP contribution in [-0.4, -0.2) is 24.5 Å². The van der Waals surface area contributed by atoms with Gasteiger partial charge < -0.3 is 9.64 Å². The van der Waals surface area contributed by atoms with E-state index in [0.717, 1.165) is 34.5 Å². The van der Waals surface area contributed by atoms with E-state index in [4.69, 9.17) is 4.74 Å². The summed E-state index contributed by atoms with van der Waals surface area (Å²) in [6.45, 7) is 2.68. The van der Waals surface area contributed by atoms with Gasteiger partial charge >= 0.3 is 0 Å². The largest absolute Gasteiger partial charge is 0.494 e. The normalized spacial score (nSPS) is 11.2. The molecule has 0 saturated carbocycles. The lowest BCUT2D eigenvalue weighted by Crippen LogP contribution is -2.26. The van der Waals surface area contributed by atoms with Gasteiger partial charge in [0, 0.05) is 24.4 Å². The Kier molecular flexibility index (Phi) is 6.02. The molecule has 0 bridgehead atoms. The summed E-state index contributed by atoms with van der Waals surface area (Å²) in [6.07, 6.45) is 6.16. The fraction of sp³-hybridized carbons (Fsp3) is 0.238. The van der Waals surface area contributed by atoms with E-state index in [2.05, 4.69) is 11.1 Å². The molecule has 0 unspecified atom stereocenters. The van der Waals surface area contributed by atoms with E-state index in [9.17, 15) is 4.79 Å². The van der Waals surface area contributed by atoms with Gasteiger partial charge in [0.25, 0.3) is 5.91 Å². The first-order valence-corrected chi connectivity index (χ1v) is 9.52. The van der Waals surface area contributed by atoms with Crippen LogP contribution in [0.1, 0.15) is 30.1 Å². The molecule has 0 aliphatic carbocycles. The number of nitrogens with zero attached hydrogens (tertiary/aromatic N) is 2. The Balaban J connectivity index is 1.69. The van der Waals surface area contributed by atoms with Gasteiger partial charge in [-0.25, -0.2) is 4.98 Å². The highest BCUT2D eigenvalue weighted by molar-refractivity contribution is 7.16. The molecule has 4 nitrogen and oxygen atoms in total. The minimum atomic E-state index is -0.0504. The molecule has 3 rings (SSSR count). The van der Waals surface area contributed by atoms with Crippen molar-refractivity contribution in [2.24, 2.45) is 0 Å². The summed E-state index contributed by atoms with van der Waals surface area (Å²) in [5.41, 5.74) is 4.18. The number of carbonyl (C=O) groups is 1. The highest BCUT2D eigenvalue weighted by atomic mass is 32.1. The maximum absolute atomic E-state index is 12.8. The molecular weight excluding hydrogens is 344 g/mol. The van der Waals surface area contributed by atoms with Crippen LogP contribution in [0.4, 0.5) is 5.69 Å². The van der Waals surface area contributed by atoms with Crippen LogP contribution in [0.15, 0.2) is 60.1 Å². The van der Waals surface area contributed by atoms with Gasteiger partial charge in [-0.05, 0) is 50.1 Å². The van der Waals surface area contributed by atoms with Crippen molar-refractivity contribution in [2.75, 3.05) is 18.6 Å². The standard InChI is InChI=1S/C21H22N2O2S/c1-3-4-5-6-12-25-18-9-7-8-17(14-18)23(2)21(24)16-10-11-19-20(13-16)26-15-22-19/h3-4,7-11,13-15H,5-6,12H2,1-2H3. The summed E-state index contributed by atoms with van der Waals surface area (Å²) in [5.74, 6) is 0.728. The molecule has 2 aromatic carbocycles. The minimum absolute atomic E-state index is 0.0504. The van der Waals surface area contributed by atoms with Crippen molar-refractivity contribution >= 4 is 33.1 Å². The molecule has 5 heteroatoms. The molecule has 0 atom stereocenters. The SMILES string of the molecule is CC=CCCCOc1cccc(N(C)C(=O)c2ccc3ncsc3c2)c1. The molecule has 0 saturated heterocycles. The third kappa shape index (κ3) is 4.29. The number of carbonyl (C=O) groups excluding carboxylic acids is 1. The third-order valence-corrected chi connectivity index (χ3v) is 4.90. The van der Waals surface area contributed by atoms with Crippen LogP contribution in [0.3, 0.4) is 0 Å². The van der Waals surface area contributed by atoms with Crippen molar-refractivity contribution < 1.29 is 9.53 Å². The van der Waals surface area contributed by atoms with Crippen LogP contribution in [-0.2, 0) is 0 Å². The van der Waals surface area contributed by atoms with Crippen LogP contribution in [0.25, 0.3) is 10.2 Å². The molecule has 134 valence electrons. The topological polar surface area (TPSA) is 42.4 Å². The average Bonchev–Trinajstić information content (AvgIpc) is 3.14. The van der Waals surface area contributed by atoms with Gasteiger partial charge in [0.2, 0.25) is 0 Å². The molecule has 26 heavy (non-hydrogen) atoms. The van der Waals surface area contributed by atoms with E-state index in [1.165, 1.54) is 11.3 Å². The Labute approximate surface area is 157 Å². The molecule has 0 radical (unpaired) electrons. The van der Waals surface area contributed by atoms with Crippen LogP contribution < -0.4 is 9.64 Å². The number of hydrogen-bond donors (Lipinski definition) is 0. The van der Waals surface area contributed by atoms with Gasteiger partial charge in [-0.1, -0.05) is 18.2 Å². The number of allylic oxidation sites excluding steroid dienone is 2. The highest BCUT2D eigenvalue weighted by Gasteiger charge is 2.15. The van der Waals surface area contributed by atoms with E-state index in [0.29, 0.717) is 12.2 Å². The second-order valence-corrected chi connectivity index (χ2v) is 6.84. The first-order chi connectivity index (χ1) is 12.7. The molecular formula is C21H22N2O2S. The van der Waals surface area contributed by atoms with Crippen LogP contribution >= 0.6 is 11.3 Å². The number of fused-ring (bicyclic) bond motifs is 1. The summed E-state index contributed by atoms with van der Waals surface area (Å²) < 4.78 is 6.81. The summed E-state index contributed by atoms with van der Waals surface area (Å²) in [5, 5.41) is 0. The van der Waals surface area contributed by atoms with Crippen LogP contribution in [0.5, 0.6) is 5.75 Å². The Hall–Kier alpha value is -2.66. The summed E-state index contributed by atoms with van der Waals surface area (Å²) >= 11 is 1.54. The van der Waals surface area contributed by atoms with Gasteiger partial charge in [0.05, 0.1) is 22.3 Å². The van der Waals surface area contributed by atoms with Crippen molar-refractivity contribution in [2.45, 2.75) is 19.8 Å². The quantitative estimate of drug-likeness (QED) is 0.420. The number of aromatic nitrogens is 1. The average molecular weight is 366 g/mol. The number of benzene rings is 2. The van der Waals surface area contributed by atoms with Gasteiger partial charge in [0.1, 0.15) is 5.75 Å². The Morgan fingerprint density at radius 2 is 2.15 bits per heavy atom. The number of thiazole rings is 1. The van der Waals surface area contributed by atoms with E-state index < -0.39 is 0 Å². The number of amides is 1. The van der Waals surface area contributed by atoms with Crippen LogP contribution in [0, 0.1) is 0 Å². The zero-order chi connectivity index (χ0) is 18.4. The molecule has 1 heterocycles. The lowest BCUT2D eigenvalue weighted by atomic mass is 10.1. The van der Waals surface area contributed by atoms with Crippen molar-refractivity contribution in [1.82, 2.24) is 4.98 Å². The van der Waals surface area contributed by atoms with E-state index in [1.807, 2.05) is 55.5 Å². The maximum Gasteiger partial charge on any atom is 0.258 e. The smallest absolute Gasteiger partial charge is 0.258 e. The van der Waals surface area contributed by atoms with Crippen molar-refractivity contribution in [1.29, 1.82) is 0 Å². The summed E-state index contributed by atoms with van der Waals surface area (Å²) in [6, 6.07) is 13.2. The fourth-order valence-electron chi connectivity index (χ4n) is 2.64.